The van der Waals surface area contributed by atoms with E-state index in [1.54, 1.807) is 0 Å². The summed E-state index contributed by atoms with van der Waals surface area (Å²) in [6, 6.07) is 7.58. The van der Waals surface area contributed by atoms with E-state index in [2.05, 4.69) is 36.8 Å². The van der Waals surface area contributed by atoms with E-state index in [-0.39, 0.29) is 6.42 Å². The Bertz CT molecular complexity index is 742. The average Bonchev–Trinajstić information content (AvgIpc) is 2.55. The SMILES string of the molecule is OC[C@H]1O[C@@H](Cc2ccc3cc(Br)cc(Br)c3n2)[C@H](O)[C@@H](O)[C@@H]1O. The minimum atomic E-state index is -1.37. The van der Waals surface area contributed by atoms with Crippen molar-refractivity contribution in [1.29, 1.82) is 0 Å². The molecule has 1 aliphatic heterocycles. The van der Waals surface area contributed by atoms with Crippen molar-refractivity contribution in [3.8, 4) is 0 Å². The van der Waals surface area contributed by atoms with E-state index in [1.165, 1.54) is 0 Å². The van der Waals surface area contributed by atoms with Gasteiger partial charge in [0.25, 0.3) is 0 Å². The summed E-state index contributed by atoms with van der Waals surface area (Å²) in [4.78, 5) is 4.57. The van der Waals surface area contributed by atoms with Gasteiger partial charge in [0, 0.05) is 26.4 Å². The second-order valence-corrected chi connectivity index (χ2v) is 7.60. The molecule has 0 spiro atoms. The number of hydrogen-bond donors (Lipinski definition) is 4. The van der Waals surface area contributed by atoms with Crippen LogP contribution in [0.1, 0.15) is 5.69 Å². The Labute approximate surface area is 155 Å². The van der Waals surface area contributed by atoms with E-state index in [1.807, 2.05) is 24.3 Å². The smallest absolute Gasteiger partial charge is 0.111 e. The molecule has 1 aromatic carbocycles. The summed E-state index contributed by atoms with van der Waals surface area (Å²) in [6.45, 7) is -0.438. The van der Waals surface area contributed by atoms with Gasteiger partial charge in [-0.2, -0.15) is 0 Å². The number of nitrogens with zero attached hydrogens (tertiary/aromatic N) is 1. The second kappa shape index (κ2) is 7.33. The maximum absolute atomic E-state index is 10.1. The third kappa shape index (κ3) is 3.50. The maximum atomic E-state index is 10.1. The lowest BCUT2D eigenvalue weighted by atomic mass is 9.92. The molecule has 24 heavy (non-hydrogen) atoms. The number of halogens is 2. The van der Waals surface area contributed by atoms with Crippen molar-refractivity contribution in [1.82, 2.24) is 4.98 Å². The van der Waals surface area contributed by atoms with Gasteiger partial charge < -0.3 is 25.2 Å². The van der Waals surface area contributed by atoms with E-state index in [4.69, 9.17) is 4.74 Å². The lowest BCUT2D eigenvalue weighted by Crippen LogP contribution is -2.59. The van der Waals surface area contributed by atoms with Crippen LogP contribution in [0.2, 0.25) is 0 Å². The number of benzene rings is 1. The standard InChI is InChI=1S/C16H17Br2NO5/c17-8-3-7-1-2-9(19-13(7)10(18)4-8)5-11-14(21)16(23)15(22)12(6-20)24-11/h1-4,11-12,14-16,20-23H,5-6H2/t11-,12+,14-,15+,16+/m0/s1. The molecular formula is C16H17Br2NO5. The average molecular weight is 463 g/mol. The van der Waals surface area contributed by atoms with E-state index in [0.29, 0.717) is 5.69 Å². The third-order valence-corrected chi connectivity index (χ3v) is 5.23. The van der Waals surface area contributed by atoms with Gasteiger partial charge in [0.1, 0.15) is 24.4 Å². The summed E-state index contributed by atoms with van der Waals surface area (Å²) < 4.78 is 7.30. The van der Waals surface area contributed by atoms with Gasteiger partial charge in [0.2, 0.25) is 0 Å². The first kappa shape index (κ1) is 18.2. The number of aliphatic hydroxyl groups excluding tert-OH is 4. The number of fused-ring (bicyclic) bond motifs is 1. The monoisotopic (exact) mass is 461 g/mol. The van der Waals surface area contributed by atoms with Crippen molar-refractivity contribution >= 4 is 42.8 Å². The lowest BCUT2D eigenvalue weighted by Gasteiger charge is -2.40. The van der Waals surface area contributed by atoms with Crippen molar-refractivity contribution < 1.29 is 25.2 Å². The Morgan fingerprint density at radius 1 is 1.00 bits per heavy atom. The molecule has 0 aliphatic carbocycles. The molecule has 0 saturated carbocycles. The van der Waals surface area contributed by atoms with Gasteiger partial charge in [-0.3, -0.25) is 4.98 Å². The third-order valence-electron chi connectivity index (χ3n) is 4.17. The molecule has 0 amide bonds. The zero-order valence-electron chi connectivity index (χ0n) is 12.5. The van der Waals surface area contributed by atoms with Crippen molar-refractivity contribution in [3.63, 3.8) is 0 Å². The fourth-order valence-electron chi connectivity index (χ4n) is 2.86. The van der Waals surface area contributed by atoms with Crippen LogP contribution in [0.5, 0.6) is 0 Å². The van der Waals surface area contributed by atoms with Gasteiger partial charge in [-0.05, 0) is 34.1 Å². The lowest BCUT2D eigenvalue weighted by molar-refractivity contribution is -0.228. The topological polar surface area (TPSA) is 103 Å². The normalized spacial score (nSPS) is 30.7. The van der Waals surface area contributed by atoms with Crippen molar-refractivity contribution in [3.05, 3.63) is 38.9 Å². The Morgan fingerprint density at radius 3 is 2.42 bits per heavy atom. The van der Waals surface area contributed by atoms with Crippen molar-refractivity contribution in [2.24, 2.45) is 0 Å². The van der Waals surface area contributed by atoms with E-state index < -0.39 is 37.1 Å². The van der Waals surface area contributed by atoms with Crippen LogP contribution in [0.25, 0.3) is 10.9 Å². The molecule has 0 radical (unpaired) electrons. The number of ether oxygens (including phenoxy) is 1. The first-order chi connectivity index (χ1) is 11.4. The number of hydrogen-bond acceptors (Lipinski definition) is 6. The fourth-order valence-corrected chi connectivity index (χ4v) is 4.21. The van der Waals surface area contributed by atoms with Crippen LogP contribution >= 0.6 is 31.9 Å². The van der Waals surface area contributed by atoms with E-state index >= 15 is 0 Å². The Hall–Kier alpha value is -0.610. The van der Waals surface area contributed by atoms with Crippen LogP contribution in [0, 0.1) is 0 Å². The second-order valence-electron chi connectivity index (χ2n) is 5.83. The molecular weight excluding hydrogens is 446 g/mol. The highest BCUT2D eigenvalue weighted by molar-refractivity contribution is 9.11. The maximum Gasteiger partial charge on any atom is 0.111 e. The predicted molar refractivity (Wildman–Crippen MR) is 94.6 cm³/mol. The molecule has 4 N–H and O–H groups in total. The summed E-state index contributed by atoms with van der Waals surface area (Å²) in [7, 11) is 0. The molecule has 1 fully saturated rings. The number of aromatic nitrogens is 1. The quantitative estimate of drug-likeness (QED) is 0.545. The zero-order valence-corrected chi connectivity index (χ0v) is 15.7. The highest BCUT2D eigenvalue weighted by Gasteiger charge is 2.43. The molecule has 130 valence electrons. The largest absolute Gasteiger partial charge is 0.394 e. The molecule has 1 aliphatic rings. The van der Waals surface area contributed by atoms with Gasteiger partial charge in [0.15, 0.2) is 0 Å². The summed E-state index contributed by atoms with van der Waals surface area (Å²) in [6.07, 6.45) is -5.40. The van der Waals surface area contributed by atoms with Crippen LogP contribution in [0.4, 0.5) is 0 Å². The molecule has 1 saturated heterocycles. The molecule has 3 rings (SSSR count). The highest BCUT2D eigenvalue weighted by Crippen LogP contribution is 2.29. The number of rotatable bonds is 3. The van der Waals surface area contributed by atoms with Crippen LogP contribution in [-0.4, -0.2) is 62.5 Å². The zero-order chi connectivity index (χ0) is 17.4. The van der Waals surface area contributed by atoms with Gasteiger partial charge in [-0.25, -0.2) is 0 Å². The molecule has 2 aromatic rings. The van der Waals surface area contributed by atoms with Crippen LogP contribution in [0.3, 0.4) is 0 Å². The van der Waals surface area contributed by atoms with Gasteiger partial charge in [0.05, 0.1) is 18.2 Å². The van der Waals surface area contributed by atoms with Crippen LogP contribution < -0.4 is 0 Å². The van der Waals surface area contributed by atoms with Crippen molar-refractivity contribution in [2.45, 2.75) is 36.9 Å². The first-order valence-corrected chi connectivity index (χ1v) is 9.04. The minimum absolute atomic E-state index is 0.250. The molecule has 0 unspecified atom stereocenters. The molecule has 6 nitrogen and oxygen atoms in total. The Balaban J connectivity index is 1.86. The number of pyridine rings is 1. The van der Waals surface area contributed by atoms with Gasteiger partial charge in [-0.15, -0.1) is 0 Å². The first-order valence-electron chi connectivity index (χ1n) is 7.46. The van der Waals surface area contributed by atoms with Gasteiger partial charge >= 0.3 is 0 Å². The van der Waals surface area contributed by atoms with Crippen LogP contribution in [-0.2, 0) is 11.2 Å². The molecule has 2 heterocycles. The molecule has 5 atom stereocenters. The Morgan fingerprint density at radius 2 is 1.71 bits per heavy atom. The Kier molecular flexibility index (Phi) is 5.55. The van der Waals surface area contributed by atoms with Gasteiger partial charge in [-0.1, -0.05) is 22.0 Å². The molecule has 1 aromatic heterocycles. The fraction of sp³-hybridized carbons (Fsp3) is 0.438. The van der Waals surface area contributed by atoms with Crippen molar-refractivity contribution in [2.75, 3.05) is 6.61 Å². The minimum Gasteiger partial charge on any atom is -0.394 e. The summed E-state index contributed by atoms with van der Waals surface area (Å²) in [5.41, 5.74) is 1.45. The highest BCUT2D eigenvalue weighted by atomic mass is 79.9. The predicted octanol–water partition coefficient (Wildman–Crippen LogP) is 1.14. The summed E-state index contributed by atoms with van der Waals surface area (Å²) in [5, 5.41) is 40.0. The molecule has 0 bridgehead atoms. The number of aliphatic hydroxyl groups is 4. The molecule has 8 heteroatoms. The van der Waals surface area contributed by atoms with Crippen LogP contribution in [0.15, 0.2) is 33.2 Å². The summed E-state index contributed by atoms with van der Waals surface area (Å²) in [5.74, 6) is 0. The van der Waals surface area contributed by atoms with E-state index in [0.717, 1.165) is 19.8 Å². The summed E-state index contributed by atoms with van der Waals surface area (Å²) >= 11 is 6.91. The van der Waals surface area contributed by atoms with E-state index in [9.17, 15) is 20.4 Å².